The molecule has 1 aliphatic heterocycles. The summed E-state index contributed by atoms with van der Waals surface area (Å²) in [7, 11) is -2.10. The lowest BCUT2D eigenvalue weighted by atomic mass is 10.0. The van der Waals surface area contributed by atoms with Gasteiger partial charge in [-0.2, -0.15) is 10.4 Å². The number of hydrogen-bond acceptors (Lipinski definition) is 9. The SMILES string of the molecule is CCc1ccc(C(C#N)NC(=O)C2CN(CCNC(=O)c3cc(S(C)(=O)=O)ccc3OC)N=N2)cc1. The Hall–Kier alpha value is -3.98. The van der Waals surface area contributed by atoms with Gasteiger partial charge < -0.3 is 15.4 Å². The molecule has 0 saturated heterocycles. The Bertz CT molecular complexity index is 1290. The van der Waals surface area contributed by atoms with Crippen molar-refractivity contribution in [1.82, 2.24) is 15.6 Å². The van der Waals surface area contributed by atoms with Crippen molar-refractivity contribution in [3.8, 4) is 11.8 Å². The fraction of sp³-hybridized carbons (Fsp3) is 0.375. The minimum Gasteiger partial charge on any atom is -0.496 e. The summed E-state index contributed by atoms with van der Waals surface area (Å²) in [6.45, 7) is 2.67. The Morgan fingerprint density at radius 1 is 1.25 bits per heavy atom. The molecule has 2 N–H and O–H groups in total. The van der Waals surface area contributed by atoms with Crippen molar-refractivity contribution in [2.75, 3.05) is 33.0 Å². The summed E-state index contributed by atoms with van der Waals surface area (Å²) in [6.07, 6.45) is 1.94. The molecule has 3 rings (SSSR count). The predicted molar refractivity (Wildman–Crippen MR) is 131 cm³/mol. The number of amides is 2. The molecule has 2 atom stereocenters. The van der Waals surface area contributed by atoms with Crippen LogP contribution in [0.25, 0.3) is 0 Å². The molecule has 0 aliphatic carbocycles. The fourth-order valence-corrected chi connectivity index (χ4v) is 4.19. The van der Waals surface area contributed by atoms with Gasteiger partial charge in [0.1, 0.15) is 11.8 Å². The molecule has 0 spiro atoms. The third kappa shape index (κ3) is 6.57. The molecule has 2 amide bonds. The van der Waals surface area contributed by atoms with Gasteiger partial charge in [-0.1, -0.05) is 36.4 Å². The van der Waals surface area contributed by atoms with E-state index < -0.39 is 33.7 Å². The third-order valence-corrected chi connectivity index (χ3v) is 6.75. The van der Waals surface area contributed by atoms with E-state index in [9.17, 15) is 23.3 Å². The highest BCUT2D eigenvalue weighted by Crippen LogP contribution is 2.22. The molecule has 0 saturated carbocycles. The Morgan fingerprint density at radius 3 is 2.58 bits per heavy atom. The van der Waals surface area contributed by atoms with E-state index in [-0.39, 0.29) is 35.8 Å². The number of nitriles is 1. The van der Waals surface area contributed by atoms with Gasteiger partial charge >= 0.3 is 0 Å². The van der Waals surface area contributed by atoms with E-state index in [1.807, 2.05) is 31.2 Å². The van der Waals surface area contributed by atoms with Crippen LogP contribution >= 0.6 is 0 Å². The fourth-order valence-electron chi connectivity index (χ4n) is 3.54. The van der Waals surface area contributed by atoms with Crippen molar-refractivity contribution in [2.24, 2.45) is 10.3 Å². The molecule has 36 heavy (non-hydrogen) atoms. The number of carbonyl (C=O) groups excluding carboxylic acids is 2. The number of aryl methyl sites for hydroxylation is 1. The summed E-state index contributed by atoms with van der Waals surface area (Å²) >= 11 is 0. The number of methoxy groups -OCH3 is 1. The third-order valence-electron chi connectivity index (χ3n) is 5.64. The average Bonchev–Trinajstić information content (AvgIpc) is 3.35. The maximum Gasteiger partial charge on any atom is 0.255 e. The van der Waals surface area contributed by atoms with E-state index in [0.29, 0.717) is 5.56 Å². The average molecular weight is 513 g/mol. The minimum atomic E-state index is -3.49. The lowest BCUT2D eigenvalue weighted by Gasteiger charge is -2.16. The standard InChI is InChI=1S/C24H28N6O5S/c1-4-16-5-7-17(8-6-16)20(14-25)27-24(32)21-15-30(29-28-21)12-11-26-23(31)19-13-18(36(3,33)34)9-10-22(19)35-2/h5-10,13,20-21H,4,11-12,15H2,1-3H3,(H,26,31)(H,27,32). The summed E-state index contributed by atoms with van der Waals surface area (Å²) in [5, 5.41) is 24.4. The highest BCUT2D eigenvalue weighted by molar-refractivity contribution is 7.90. The van der Waals surface area contributed by atoms with E-state index >= 15 is 0 Å². The monoisotopic (exact) mass is 512 g/mol. The van der Waals surface area contributed by atoms with Gasteiger partial charge in [0.15, 0.2) is 15.9 Å². The molecule has 0 bridgehead atoms. The van der Waals surface area contributed by atoms with Crippen LogP contribution in [-0.4, -0.2) is 64.3 Å². The molecule has 12 heteroatoms. The molecule has 190 valence electrons. The molecular formula is C24H28N6O5S. The number of hydrogen-bond donors (Lipinski definition) is 2. The van der Waals surface area contributed by atoms with Crippen LogP contribution in [0.3, 0.4) is 0 Å². The lowest BCUT2D eigenvalue weighted by Crippen LogP contribution is -2.40. The van der Waals surface area contributed by atoms with Gasteiger partial charge in [0.05, 0.1) is 36.7 Å². The molecule has 0 fully saturated rings. The Labute approximate surface area is 210 Å². The maximum atomic E-state index is 12.6. The van der Waals surface area contributed by atoms with Crippen LogP contribution in [0.15, 0.2) is 57.7 Å². The van der Waals surface area contributed by atoms with Crippen LogP contribution < -0.4 is 15.4 Å². The van der Waals surface area contributed by atoms with Crippen LogP contribution in [0.5, 0.6) is 5.75 Å². The molecule has 2 aromatic carbocycles. The first kappa shape index (κ1) is 26.6. The first-order chi connectivity index (χ1) is 17.2. The second-order valence-corrected chi connectivity index (χ2v) is 10.2. The van der Waals surface area contributed by atoms with Gasteiger partial charge in [-0.15, -0.1) is 0 Å². The number of ether oxygens (including phenoxy) is 1. The van der Waals surface area contributed by atoms with Gasteiger partial charge in [0.2, 0.25) is 5.91 Å². The summed E-state index contributed by atoms with van der Waals surface area (Å²) in [6, 6.07) is 12.1. The quantitative estimate of drug-likeness (QED) is 0.492. The Kier molecular flexibility index (Phi) is 8.60. The zero-order chi connectivity index (χ0) is 26.3. The van der Waals surface area contributed by atoms with Gasteiger partial charge in [-0.05, 0) is 35.7 Å². The van der Waals surface area contributed by atoms with Crippen molar-refractivity contribution in [2.45, 2.75) is 30.3 Å². The number of carbonyl (C=O) groups is 2. The van der Waals surface area contributed by atoms with Crippen molar-refractivity contribution < 1.29 is 22.7 Å². The summed E-state index contributed by atoms with van der Waals surface area (Å²) in [5.74, 6) is -0.679. The van der Waals surface area contributed by atoms with E-state index in [1.54, 1.807) is 0 Å². The number of nitrogens with one attached hydrogen (secondary N) is 2. The van der Waals surface area contributed by atoms with E-state index in [2.05, 4.69) is 27.0 Å². The van der Waals surface area contributed by atoms with Crippen molar-refractivity contribution >= 4 is 21.7 Å². The summed E-state index contributed by atoms with van der Waals surface area (Å²) < 4.78 is 28.8. The normalized spacial score (nSPS) is 15.7. The number of nitrogens with zero attached hydrogens (tertiary/aromatic N) is 4. The maximum absolute atomic E-state index is 12.6. The van der Waals surface area contributed by atoms with Gasteiger partial charge in [0, 0.05) is 12.8 Å². The lowest BCUT2D eigenvalue weighted by molar-refractivity contribution is -0.122. The largest absolute Gasteiger partial charge is 0.496 e. The Morgan fingerprint density at radius 2 is 1.97 bits per heavy atom. The molecule has 0 aromatic heterocycles. The van der Waals surface area contributed by atoms with Crippen LogP contribution in [0, 0.1) is 11.3 Å². The second-order valence-electron chi connectivity index (χ2n) is 8.19. The highest BCUT2D eigenvalue weighted by atomic mass is 32.2. The molecule has 11 nitrogen and oxygen atoms in total. The predicted octanol–water partition coefficient (Wildman–Crippen LogP) is 1.82. The molecule has 2 unspecified atom stereocenters. The zero-order valence-corrected chi connectivity index (χ0v) is 21.1. The van der Waals surface area contributed by atoms with Gasteiger partial charge in [0.25, 0.3) is 5.91 Å². The van der Waals surface area contributed by atoms with Crippen LogP contribution in [0.4, 0.5) is 0 Å². The molecular weight excluding hydrogens is 484 g/mol. The molecule has 1 aliphatic rings. The van der Waals surface area contributed by atoms with Crippen LogP contribution in [0.2, 0.25) is 0 Å². The summed E-state index contributed by atoms with van der Waals surface area (Å²) in [4.78, 5) is 25.3. The molecule has 0 radical (unpaired) electrons. The van der Waals surface area contributed by atoms with Gasteiger partial charge in [-0.3, -0.25) is 14.6 Å². The molecule has 1 heterocycles. The number of sulfone groups is 1. The molecule has 2 aromatic rings. The zero-order valence-electron chi connectivity index (χ0n) is 20.3. The summed E-state index contributed by atoms with van der Waals surface area (Å²) in [5.41, 5.74) is 1.92. The van der Waals surface area contributed by atoms with E-state index in [4.69, 9.17) is 4.74 Å². The topological polar surface area (TPSA) is 153 Å². The van der Waals surface area contributed by atoms with Crippen LogP contribution in [0.1, 0.15) is 34.5 Å². The van der Waals surface area contributed by atoms with E-state index in [0.717, 1.165) is 18.2 Å². The smallest absolute Gasteiger partial charge is 0.255 e. The van der Waals surface area contributed by atoms with Crippen molar-refractivity contribution in [3.63, 3.8) is 0 Å². The van der Waals surface area contributed by atoms with Gasteiger partial charge in [-0.25, -0.2) is 8.42 Å². The first-order valence-electron chi connectivity index (χ1n) is 11.3. The highest BCUT2D eigenvalue weighted by Gasteiger charge is 2.28. The number of benzene rings is 2. The second kappa shape index (κ2) is 11.6. The van der Waals surface area contributed by atoms with E-state index in [1.165, 1.54) is 30.3 Å². The Balaban J connectivity index is 1.51. The van der Waals surface area contributed by atoms with Crippen molar-refractivity contribution in [3.05, 3.63) is 59.2 Å². The van der Waals surface area contributed by atoms with Crippen LogP contribution in [-0.2, 0) is 21.1 Å². The first-order valence-corrected chi connectivity index (χ1v) is 13.2. The number of rotatable bonds is 10. The van der Waals surface area contributed by atoms with Crippen molar-refractivity contribution in [1.29, 1.82) is 5.26 Å². The minimum absolute atomic E-state index is 0.00706.